The molecule has 0 saturated heterocycles. The molecule has 0 bridgehead atoms. The first-order valence-corrected chi connectivity index (χ1v) is 9.66. The van der Waals surface area contributed by atoms with Crippen LogP contribution in [-0.4, -0.2) is 16.0 Å². The van der Waals surface area contributed by atoms with Gasteiger partial charge in [0, 0.05) is 24.8 Å². The summed E-state index contributed by atoms with van der Waals surface area (Å²) in [6, 6.07) is 19.0. The van der Waals surface area contributed by atoms with E-state index in [1.165, 1.54) is 35.1 Å². The Bertz CT molecular complexity index is 772. The van der Waals surface area contributed by atoms with Gasteiger partial charge in [-0.1, -0.05) is 61.9 Å². The molecule has 1 spiro atoms. The highest BCUT2D eigenvalue weighted by atomic mass is 16.5. The lowest BCUT2D eigenvalue weighted by Crippen LogP contribution is -2.44. The molecule has 0 aromatic heterocycles. The molecule has 25 heavy (non-hydrogen) atoms. The third kappa shape index (κ3) is 2.99. The molecule has 0 amide bonds. The maximum absolute atomic E-state index is 13.7. The van der Waals surface area contributed by atoms with Gasteiger partial charge in [0.15, 0.2) is 11.3 Å². The molecule has 4 rings (SSSR count). The Hall–Kier alpha value is -2.09. The average Bonchev–Trinajstić information content (AvgIpc) is 2.74. The first kappa shape index (κ1) is 16.4. The van der Waals surface area contributed by atoms with Crippen LogP contribution in [0.4, 0.5) is 0 Å². The molecule has 0 radical (unpaired) electrons. The van der Waals surface area contributed by atoms with Crippen molar-refractivity contribution in [3.63, 3.8) is 0 Å². The summed E-state index contributed by atoms with van der Waals surface area (Å²) in [5.74, 6) is 0.430. The third-order valence-corrected chi connectivity index (χ3v) is 6.16. The van der Waals surface area contributed by atoms with E-state index in [4.69, 9.17) is 0 Å². The fraction of sp³-hybridized carbons (Fsp3) is 0.435. The van der Waals surface area contributed by atoms with Crippen LogP contribution in [0.2, 0.25) is 0 Å². The van der Waals surface area contributed by atoms with Crippen molar-refractivity contribution in [2.75, 3.05) is 0 Å². The Balaban J connectivity index is 1.86. The zero-order valence-corrected chi connectivity index (χ0v) is 15.1. The second-order valence-electron chi connectivity index (χ2n) is 7.88. The van der Waals surface area contributed by atoms with E-state index in [0.29, 0.717) is 5.92 Å². The zero-order chi connectivity index (χ0) is 17.3. The largest absolute Gasteiger partial charge is 0.623 e. The number of rotatable bonds is 2. The van der Waals surface area contributed by atoms with Crippen molar-refractivity contribution in [2.45, 2.75) is 63.3 Å². The minimum Gasteiger partial charge on any atom is -0.623 e. The molecular formula is C23H27NO. The molecule has 1 aliphatic heterocycles. The Morgan fingerprint density at radius 3 is 2.40 bits per heavy atom. The molecular weight excluding hydrogens is 306 g/mol. The predicted octanol–water partition coefficient (Wildman–Crippen LogP) is 5.44. The van der Waals surface area contributed by atoms with Gasteiger partial charge in [0.25, 0.3) is 0 Å². The van der Waals surface area contributed by atoms with E-state index in [2.05, 4.69) is 55.5 Å². The number of fused-ring (bicyclic) bond motifs is 1. The normalized spacial score (nSPS) is 22.5. The summed E-state index contributed by atoms with van der Waals surface area (Å²) < 4.78 is 1.45. The van der Waals surface area contributed by atoms with Crippen LogP contribution in [0.1, 0.15) is 68.1 Å². The zero-order valence-electron chi connectivity index (χ0n) is 15.1. The molecule has 2 nitrogen and oxygen atoms in total. The first-order chi connectivity index (χ1) is 12.2. The molecule has 1 atom stereocenters. The highest BCUT2D eigenvalue weighted by Crippen LogP contribution is 2.42. The molecule has 2 heteroatoms. The van der Waals surface area contributed by atoms with E-state index in [-0.39, 0.29) is 5.54 Å². The van der Waals surface area contributed by atoms with Gasteiger partial charge in [-0.05, 0) is 36.0 Å². The van der Waals surface area contributed by atoms with Crippen molar-refractivity contribution < 1.29 is 4.74 Å². The lowest BCUT2D eigenvalue weighted by molar-refractivity contribution is -0.557. The van der Waals surface area contributed by atoms with Gasteiger partial charge < -0.3 is 5.21 Å². The molecule has 130 valence electrons. The molecule has 1 heterocycles. The van der Waals surface area contributed by atoms with Gasteiger partial charge in [-0.25, -0.2) is 4.74 Å². The Morgan fingerprint density at radius 2 is 1.64 bits per heavy atom. The third-order valence-electron chi connectivity index (χ3n) is 6.16. The first-order valence-electron chi connectivity index (χ1n) is 9.66. The van der Waals surface area contributed by atoms with Crippen LogP contribution < -0.4 is 0 Å². The highest BCUT2D eigenvalue weighted by molar-refractivity contribution is 6.00. The van der Waals surface area contributed by atoms with Crippen LogP contribution in [0.25, 0.3) is 0 Å². The molecule has 1 aliphatic carbocycles. The van der Waals surface area contributed by atoms with Crippen molar-refractivity contribution in [2.24, 2.45) is 0 Å². The second-order valence-corrected chi connectivity index (χ2v) is 7.88. The number of hydrogen-bond donors (Lipinski definition) is 0. The van der Waals surface area contributed by atoms with E-state index in [1.807, 2.05) is 6.07 Å². The fourth-order valence-corrected chi connectivity index (χ4v) is 4.92. The lowest BCUT2D eigenvalue weighted by Gasteiger charge is -2.36. The smallest absolute Gasteiger partial charge is 0.199 e. The van der Waals surface area contributed by atoms with Gasteiger partial charge in [0.2, 0.25) is 0 Å². The summed E-state index contributed by atoms with van der Waals surface area (Å²) in [6.07, 6.45) is 7.40. The Labute approximate surface area is 150 Å². The van der Waals surface area contributed by atoms with Gasteiger partial charge in [-0.2, -0.15) is 0 Å². The summed E-state index contributed by atoms with van der Waals surface area (Å²) in [5, 5.41) is 13.7. The van der Waals surface area contributed by atoms with E-state index >= 15 is 0 Å². The van der Waals surface area contributed by atoms with Crippen LogP contribution >= 0.6 is 0 Å². The van der Waals surface area contributed by atoms with Crippen molar-refractivity contribution in [1.82, 2.24) is 0 Å². The average molecular weight is 333 g/mol. The van der Waals surface area contributed by atoms with Gasteiger partial charge in [0.05, 0.1) is 6.42 Å². The number of benzene rings is 2. The van der Waals surface area contributed by atoms with E-state index in [0.717, 1.165) is 37.0 Å². The second kappa shape index (κ2) is 6.67. The van der Waals surface area contributed by atoms with Crippen LogP contribution in [-0.2, 0) is 6.42 Å². The standard InChI is InChI=1S/C23H27NO/c1-18-17-23(14-8-3-9-15-23)24(25)22(16-19-10-4-2-5-11-19)21-13-7-6-12-20(18)21/h2,4-7,10-13,18H,3,8-9,14-17H2,1H3/t18-/m1/s1. The lowest BCUT2D eigenvalue weighted by atomic mass is 9.75. The SMILES string of the molecule is C[C@@H]1CC2(CCCCC2)[N+]([O-])=C(Cc2ccccc2)c2ccccc21. The van der Waals surface area contributed by atoms with Gasteiger partial charge in [0.1, 0.15) is 0 Å². The Morgan fingerprint density at radius 1 is 0.960 bits per heavy atom. The van der Waals surface area contributed by atoms with Gasteiger partial charge >= 0.3 is 0 Å². The molecule has 2 aromatic rings. The minimum absolute atomic E-state index is 0.208. The van der Waals surface area contributed by atoms with E-state index in [1.54, 1.807) is 0 Å². The van der Waals surface area contributed by atoms with Crippen molar-refractivity contribution >= 4 is 5.71 Å². The molecule has 0 N–H and O–H groups in total. The molecule has 2 aliphatic rings. The predicted molar refractivity (Wildman–Crippen MR) is 103 cm³/mol. The van der Waals surface area contributed by atoms with Crippen LogP contribution in [0.15, 0.2) is 54.6 Å². The number of hydrogen-bond acceptors (Lipinski definition) is 1. The molecule has 1 saturated carbocycles. The summed E-state index contributed by atoms with van der Waals surface area (Å²) in [6.45, 7) is 2.30. The number of hydroxylamine groups is 1. The van der Waals surface area contributed by atoms with Gasteiger partial charge in [-0.3, -0.25) is 0 Å². The maximum atomic E-state index is 13.7. The van der Waals surface area contributed by atoms with E-state index in [9.17, 15) is 5.21 Å². The topological polar surface area (TPSA) is 26.1 Å². The fourth-order valence-electron chi connectivity index (χ4n) is 4.92. The molecule has 1 fully saturated rings. The van der Waals surface area contributed by atoms with Crippen molar-refractivity contribution in [3.05, 3.63) is 76.5 Å². The highest BCUT2D eigenvalue weighted by Gasteiger charge is 2.45. The minimum atomic E-state index is -0.208. The molecule has 0 unspecified atom stereocenters. The maximum Gasteiger partial charge on any atom is 0.199 e. The molecule has 2 aromatic carbocycles. The van der Waals surface area contributed by atoms with Crippen LogP contribution in [0, 0.1) is 5.21 Å². The van der Waals surface area contributed by atoms with Gasteiger partial charge in [-0.15, -0.1) is 0 Å². The van der Waals surface area contributed by atoms with Crippen LogP contribution in [0.3, 0.4) is 0 Å². The van der Waals surface area contributed by atoms with Crippen molar-refractivity contribution in [3.8, 4) is 0 Å². The summed E-state index contributed by atoms with van der Waals surface area (Å²) in [7, 11) is 0. The summed E-state index contributed by atoms with van der Waals surface area (Å²) in [4.78, 5) is 0. The van der Waals surface area contributed by atoms with Crippen LogP contribution in [0.5, 0.6) is 0 Å². The number of nitrogens with zero attached hydrogens (tertiary/aromatic N) is 1. The quantitative estimate of drug-likeness (QED) is 0.531. The summed E-state index contributed by atoms with van der Waals surface area (Å²) in [5.41, 5.74) is 4.48. The van der Waals surface area contributed by atoms with E-state index < -0.39 is 0 Å². The monoisotopic (exact) mass is 333 g/mol. The van der Waals surface area contributed by atoms with Crippen molar-refractivity contribution in [1.29, 1.82) is 0 Å². The summed E-state index contributed by atoms with van der Waals surface area (Å²) >= 11 is 0. The Kier molecular flexibility index (Phi) is 4.37.